The quantitative estimate of drug-likeness (QED) is 0.865. The van der Waals surface area contributed by atoms with Crippen molar-refractivity contribution in [1.29, 1.82) is 0 Å². The van der Waals surface area contributed by atoms with Crippen LogP contribution in [0.5, 0.6) is 0 Å². The summed E-state index contributed by atoms with van der Waals surface area (Å²) in [5, 5.41) is 3.41. The number of aromatic nitrogens is 1. The molecule has 2 N–H and O–H groups in total. The lowest BCUT2D eigenvalue weighted by Gasteiger charge is -2.27. The maximum Gasteiger partial charge on any atom is 0.260 e. The summed E-state index contributed by atoms with van der Waals surface area (Å²) >= 11 is 0. The molecule has 116 valence electrons. The van der Waals surface area contributed by atoms with E-state index in [0.717, 1.165) is 25.1 Å². The van der Waals surface area contributed by atoms with E-state index in [2.05, 4.69) is 24.1 Å². The molecule has 1 atom stereocenters. The molecule has 1 amide bonds. The number of H-pyrrole nitrogens is 1. The standard InChI is InChI=1S/C16H25N3O2/c1-11(2)9-19(10-13-5-4-8-17-13)16(21)14-7-6-12(3)18-15(14)20/h6-7,11,13,17H,4-5,8-10H2,1-3H3,(H,18,20). The van der Waals surface area contributed by atoms with Gasteiger partial charge in [-0.3, -0.25) is 9.59 Å². The van der Waals surface area contributed by atoms with E-state index in [-0.39, 0.29) is 17.0 Å². The minimum absolute atomic E-state index is 0.168. The van der Waals surface area contributed by atoms with Crippen molar-refractivity contribution in [3.8, 4) is 0 Å². The molecule has 5 heteroatoms. The van der Waals surface area contributed by atoms with Crippen molar-refractivity contribution in [2.45, 2.75) is 39.7 Å². The van der Waals surface area contributed by atoms with Crippen molar-refractivity contribution >= 4 is 5.91 Å². The van der Waals surface area contributed by atoms with Crippen molar-refractivity contribution in [2.24, 2.45) is 5.92 Å². The summed E-state index contributed by atoms with van der Waals surface area (Å²) < 4.78 is 0. The number of carbonyl (C=O) groups excluding carboxylic acids is 1. The van der Waals surface area contributed by atoms with Gasteiger partial charge in [0.2, 0.25) is 0 Å². The van der Waals surface area contributed by atoms with Crippen LogP contribution >= 0.6 is 0 Å². The smallest absolute Gasteiger partial charge is 0.260 e. The minimum atomic E-state index is -0.298. The van der Waals surface area contributed by atoms with Gasteiger partial charge in [-0.1, -0.05) is 13.8 Å². The van der Waals surface area contributed by atoms with E-state index in [1.807, 2.05) is 11.8 Å². The maximum atomic E-state index is 12.7. The van der Waals surface area contributed by atoms with Gasteiger partial charge in [0.15, 0.2) is 0 Å². The fraction of sp³-hybridized carbons (Fsp3) is 0.625. The first-order valence-corrected chi connectivity index (χ1v) is 7.70. The van der Waals surface area contributed by atoms with E-state index >= 15 is 0 Å². The highest BCUT2D eigenvalue weighted by molar-refractivity contribution is 5.93. The lowest BCUT2D eigenvalue weighted by Crippen LogP contribution is -2.44. The first-order valence-electron chi connectivity index (χ1n) is 7.70. The number of hydrogen-bond acceptors (Lipinski definition) is 3. The molecule has 0 radical (unpaired) electrons. The van der Waals surface area contributed by atoms with E-state index < -0.39 is 0 Å². The molecule has 5 nitrogen and oxygen atoms in total. The van der Waals surface area contributed by atoms with E-state index in [1.54, 1.807) is 12.1 Å². The van der Waals surface area contributed by atoms with Crippen LogP contribution in [-0.2, 0) is 0 Å². The Morgan fingerprint density at radius 2 is 2.19 bits per heavy atom. The van der Waals surface area contributed by atoms with E-state index in [9.17, 15) is 9.59 Å². The predicted octanol–water partition coefficient (Wildman–Crippen LogP) is 1.53. The third-order valence-corrected chi connectivity index (χ3v) is 3.76. The van der Waals surface area contributed by atoms with Gasteiger partial charge in [0, 0.05) is 24.8 Å². The largest absolute Gasteiger partial charge is 0.337 e. The molecule has 0 aliphatic carbocycles. The molecule has 1 fully saturated rings. The predicted molar refractivity (Wildman–Crippen MR) is 83.6 cm³/mol. The van der Waals surface area contributed by atoms with Crippen LogP contribution in [0.3, 0.4) is 0 Å². The SMILES string of the molecule is Cc1ccc(C(=O)N(CC(C)C)CC2CCCN2)c(=O)[nH]1. The second kappa shape index (κ2) is 6.89. The van der Waals surface area contributed by atoms with Crippen LogP contribution in [0.4, 0.5) is 0 Å². The minimum Gasteiger partial charge on any atom is -0.337 e. The van der Waals surface area contributed by atoms with Gasteiger partial charge in [-0.2, -0.15) is 0 Å². The van der Waals surface area contributed by atoms with Gasteiger partial charge >= 0.3 is 0 Å². The molecule has 0 aromatic carbocycles. The highest BCUT2D eigenvalue weighted by atomic mass is 16.2. The lowest BCUT2D eigenvalue weighted by atomic mass is 10.1. The van der Waals surface area contributed by atoms with Crippen LogP contribution in [0.1, 0.15) is 42.7 Å². The molecule has 0 saturated carbocycles. The van der Waals surface area contributed by atoms with Gasteiger partial charge in [-0.25, -0.2) is 0 Å². The second-order valence-corrected chi connectivity index (χ2v) is 6.28. The molecule has 2 heterocycles. The zero-order chi connectivity index (χ0) is 15.4. The summed E-state index contributed by atoms with van der Waals surface area (Å²) in [6.45, 7) is 8.33. The summed E-state index contributed by atoms with van der Waals surface area (Å²) in [4.78, 5) is 29.2. The van der Waals surface area contributed by atoms with Gasteiger partial charge in [0.05, 0.1) is 0 Å². The number of nitrogens with zero attached hydrogens (tertiary/aromatic N) is 1. The summed E-state index contributed by atoms with van der Waals surface area (Å²) in [5.74, 6) is 0.207. The zero-order valence-electron chi connectivity index (χ0n) is 13.1. The summed E-state index contributed by atoms with van der Waals surface area (Å²) in [6.07, 6.45) is 2.24. The Labute approximate surface area is 125 Å². The Kier molecular flexibility index (Phi) is 5.17. The fourth-order valence-corrected chi connectivity index (χ4v) is 2.77. The Bertz CT molecular complexity index is 545. The van der Waals surface area contributed by atoms with Crippen LogP contribution in [0.25, 0.3) is 0 Å². The maximum absolute atomic E-state index is 12.7. The van der Waals surface area contributed by atoms with E-state index in [1.165, 1.54) is 0 Å². The highest BCUT2D eigenvalue weighted by Crippen LogP contribution is 2.11. The van der Waals surface area contributed by atoms with Crippen LogP contribution in [-0.4, -0.2) is 41.5 Å². The third kappa shape index (κ3) is 4.17. The molecule has 1 aromatic heterocycles. The number of amides is 1. The number of aryl methyl sites for hydroxylation is 1. The summed E-state index contributed by atoms with van der Waals surface area (Å²) in [6, 6.07) is 3.75. The van der Waals surface area contributed by atoms with Gasteiger partial charge in [-0.05, 0) is 44.4 Å². The van der Waals surface area contributed by atoms with Crippen LogP contribution < -0.4 is 10.9 Å². The molecule has 1 aliphatic heterocycles. The topological polar surface area (TPSA) is 65.2 Å². The van der Waals surface area contributed by atoms with Crippen LogP contribution in [0, 0.1) is 12.8 Å². The molecule has 0 spiro atoms. The monoisotopic (exact) mass is 291 g/mol. The average Bonchev–Trinajstić information content (AvgIpc) is 2.89. The van der Waals surface area contributed by atoms with Crippen molar-refractivity contribution in [3.05, 3.63) is 33.7 Å². The van der Waals surface area contributed by atoms with E-state index in [4.69, 9.17) is 0 Å². The van der Waals surface area contributed by atoms with Gasteiger partial charge in [-0.15, -0.1) is 0 Å². The number of rotatable bonds is 5. The van der Waals surface area contributed by atoms with Crippen molar-refractivity contribution in [3.63, 3.8) is 0 Å². The van der Waals surface area contributed by atoms with Crippen molar-refractivity contribution in [1.82, 2.24) is 15.2 Å². The van der Waals surface area contributed by atoms with Crippen molar-refractivity contribution in [2.75, 3.05) is 19.6 Å². The number of pyridine rings is 1. The Morgan fingerprint density at radius 1 is 1.43 bits per heavy atom. The number of nitrogens with one attached hydrogen (secondary N) is 2. The molecule has 1 saturated heterocycles. The Morgan fingerprint density at radius 3 is 2.76 bits per heavy atom. The highest BCUT2D eigenvalue weighted by Gasteiger charge is 2.24. The Hall–Kier alpha value is -1.62. The van der Waals surface area contributed by atoms with Gasteiger partial charge in [0.1, 0.15) is 5.56 Å². The molecule has 1 aliphatic rings. The average molecular weight is 291 g/mol. The molecule has 1 unspecified atom stereocenters. The molecule has 0 bridgehead atoms. The summed E-state index contributed by atoms with van der Waals surface area (Å²) in [7, 11) is 0. The summed E-state index contributed by atoms with van der Waals surface area (Å²) in [5.41, 5.74) is 0.705. The number of carbonyl (C=O) groups is 1. The van der Waals surface area contributed by atoms with Gasteiger partial charge < -0.3 is 15.2 Å². The van der Waals surface area contributed by atoms with Crippen LogP contribution in [0.15, 0.2) is 16.9 Å². The third-order valence-electron chi connectivity index (χ3n) is 3.76. The molecular formula is C16H25N3O2. The Balaban J connectivity index is 2.17. The normalized spacial score (nSPS) is 18.2. The molecule has 2 rings (SSSR count). The van der Waals surface area contributed by atoms with Crippen molar-refractivity contribution < 1.29 is 4.79 Å². The number of hydrogen-bond donors (Lipinski definition) is 2. The van der Waals surface area contributed by atoms with Crippen LogP contribution in [0.2, 0.25) is 0 Å². The molecule has 21 heavy (non-hydrogen) atoms. The van der Waals surface area contributed by atoms with E-state index in [0.29, 0.717) is 25.0 Å². The molecular weight excluding hydrogens is 266 g/mol. The lowest BCUT2D eigenvalue weighted by molar-refractivity contribution is 0.0719. The number of aromatic amines is 1. The zero-order valence-corrected chi connectivity index (χ0v) is 13.1. The first-order chi connectivity index (χ1) is 9.97. The first kappa shape index (κ1) is 15.8. The van der Waals surface area contributed by atoms with Gasteiger partial charge in [0.25, 0.3) is 11.5 Å². The molecule has 1 aromatic rings. The fourth-order valence-electron chi connectivity index (χ4n) is 2.77. The second-order valence-electron chi connectivity index (χ2n) is 6.28.